The summed E-state index contributed by atoms with van der Waals surface area (Å²) in [5.41, 5.74) is 0. The van der Waals surface area contributed by atoms with Crippen molar-refractivity contribution in [3.8, 4) is 0 Å². The monoisotopic (exact) mass is 220 g/mol. The van der Waals surface area contributed by atoms with Crippen LogP contribution < -0.4 is 10.6 Å². The molecule has 1 fully saturated rings. The largest absolute Gasteiger partial charge is 0.374 e. The van der Waals surface area contributed by atoms with Crippen molar-refractivity contribution in [1.82, 2.24) is 10.6 Å². The van der Waals surface area contributed by atoms with Gasteiger partial charge in [-0.15, -0.1) is 0 Å². The molecule has 0 aromatic carbocycles. The molecule has 0 spiro atoms. The van der Waals surface area contributed by atoms with Gasteiger partial charge in [0.15, 0.2) is 0 Å². The highest BCUT2D eigenvalue weighted by Gasteiger charge is 2.35. The molecule has 3 unspecified atom stereocenters. The fourth-order valence-electron chi connectivity index (χ4n) is 3.09. The van der Waals surface area contributed by atoms with Crippen LogP contribution in [0.5, 0.6) is 0 Å². The van der Waals surface area contributed by atoms with Crippen molar-refractivity contribution in [1.29, 1.82) is 0 Å². The molecule has 0 radical (unpaired) electrons. The third-order valence-electron chi connectivity index (χ3n) is 3.88. The molecule has 0 bridgehead atoms. The number of aliphatic imine (C=N–C) groups is 2. The summed E-state index contributed by atoms with van der Waals surface area (Å²) in [5.74, 6) is 3.01. The van der Waals surface area contributed by atoms with Gasteiger partial charge in [0.1, 0.15) is 0 Å². The lowest BCUT2D eigenvalue weighted by Crippen LogP contribution is -2.45. The minimum Gasteiger partial charge on any atom is -0.374 e. The lowest BCUT2D eigenvalue weighted by molar-refractivity contribution is 0.337. The van der Waals surface area contributed by atoms with Crippen molar-refractivity contribution < 1.29 is 0 Å². The Labute approximate surface area is 96.6 Å². The average Bonchev–Trinajstić information content (AvgIpc) is 2.69. The van der Waals surface area contributed by atoms with Crippen molar-refractivity contribution in [3.63, 3.8) is 0 Å². The summed E-state index contributed by atoms with van der Waals surface area (Å²) in [7, 11) is 0. The molecule has 0 amide bonds. The quantitative estimate of drug-likeness (QED) is 0.691. The molecule has 0 aromatic heterocycles. The van der Waals surface area contributed by atoms with Gasteiger partial charge < -0.3 is 10.6 Å². The van der Waals surface area contributed by atoms with Gasteiger partial charge in [-0.2, -0.15) is 0 Å². The SMILES string of the molecule is CC1=NC2CCC(C3=NCCCN3)CC2N1. The molecule has 4 heteroatoms. The van der Waals surface area contributed by atoms with E-state index in [-0.39, 0.29) is 0 Å². The van der Waals surface area contributed by atoms with Gasteiger partial charge in [0, 0.05) is 19.0 Å². The second-order valence-corrected chi connectivity index (χ2v) is 5.09. The zero-order valence-electron chi connectivity index (χ0n) is 9.87. The normalized spacial score (nSPS) is 37.9. The van der Waals surface area contributed by atoms with Crippen molar-refractivity contribution in [2.45, 2.75) is 44.7 Å². The number of fused-ring (bicyclic) bond motifs is 1. The maximum Gasteiger partial charge on any atom is 0.0995 e. The highest BCUT2D eigenvalue weighted by molar-refractivity contribution is 5.86. The van der Waals surface area contributed by atoms with Crippen LogP contribution in [0.25, 0.3) is 0 Å². The van der Waals surface area contributed by atoms with Crippen LogP contribution in [0.15, 0.2) is 9.98 Å². The Hall–Kier alpha value is -1.06. The van der Waals surface area contributed by atoms with Crippen LogP contribution in [0, 0.1) is 5.92 Å². The van der Waals surface area contributed by atoms with Gasteiger partial charge in [0.2, 0.25) is 0 Å². The van der Waals surface area contributed by atoms with Crippen LogP contribution in [-0.2, 0) is 0 Å². The fourth-order valence-corrected chi connectivity index (χ4v) is 3.09. The van der Waals surface area contributed by atoms with E-state index in [0.29, 0.717) is 18.0 Å². The molecule has 1 saturated carbocycles. The highest BCUT2D eigenvalue weighted by Crippen LogP contribution is 2.30. The van der Waals surface area contributed by atoms with Gasteiger partial charge in [-0.05, 0) is 32.6 Å². The first kappa shape index (κ1) is 10.1. The molecule has 88 valence electrons. The summed E-state index contributed by atoms with van der Waals surface area (Å²) >= 11 is 0. The maximum atomic E-state index is 4.64. The summed E-state index contributed by atoms with van der Waals surface area (Å²) in [5, 5.41) is 6.96. The van der Waals surface area contributed by atoms with Gasteiger partial charge in [0.05, 0.1) is 23.8 Å². The predicted octanol–water partition coefficient (Wildman–Crippen LogP) is 0.937. The molecule has 2 aliphatic heterocycles. The molecule has 3 atom stereocenters. The van der Waals surface area contributed by atoms with E-state index in [1.807, 2.05) is 0 Å². The molecule has 0 aromatic rings. The predicted molar refractivity (Wildman–Crippen MR) is 66.1 cm³/mol. The van der Waals surface area contributed by atoms with E-state index in [1.54, 1.807) is 0 Å². The molecule has 3 rings (SSSR count). The van der Waals surface area contributed by atoms with Gasteiger partial charge in [0.25, 0.3) is 0 Å². The second-order valence-electron chi connectivity index (χ2n) is 5.09. The first-order valence-electron chi connectivity index (χ1n) is 6.42. The first-order valence-corrected chi connectivity index (χ1v) is 6.42. The average molecular weight is 220 g/mol. The molecule has 4 nitrogen and oxygen atoms in total. The standard InChI is InChI=1S/C12H20N4/c1-8-15-10-4-3-9(7-11(10)16-8)12-13-5-2-6-14-12/h9-11H,2-7H2,1H3,(H,13,14)(H,15,16). The molecule has 2 N–H and O–H groups in total. The van der Waals surface area contributed by atoms with E-state index in [0.717, 1.165) is 18.9 Å². The number of rotatable bonds is 1. The molecule has 1 aliphatic carbocycles. The lowest BCUT2D eigenvalue weighted by Gasteiger charge is -2.32. The number of amidine groups is 2. The molecular formula is C12H20N4. The van der Waals surface area contributed by atoms with Crippen molar-refractivity contribution in [2.24, 2.45) is 15.9 Å². The van der Waals surface area contributed by atoms with Crippen LogP contribution >= 0.6 is 0 Å². The highest BCUT2D eigenvalue weighted by atomic mass is 15.1. The van der Waals surface area contributed by atoms with Crippen molar-refractivity contribution in [2.75, 3.05) is 13.1 Å². The van der Waals surface area contributed by atoms with Crippen LogP contribution in [0.2, 0.25) is 0 Å². The fraction of sp³-hybridized carbons (Fsp3) is 0.833. The van der Waals surface area contributed by atoms with Crippen LogP contribution in [-0.4, -0.2) is 36.8 Å². The Kier molecular flexibility index (Phi) is 2.58. The van der Waals surface area contributed by atoms with Crippen molar-refractivity contribution in [3.05, 3.63) is 0 Å². The lowest BCUT2D eigenvalue weighted by atomic mass is 9.82. The van der Waals surface area contributed by atoms with Gasteiger partial charge >= 0.3 is 0 Å². The number of nitrogens with one attached hydrogen (secondary N) is 2. The minimum atomic E-state index is 0.528. The number of nitrogens with zero attached hydrogens (tertiary/aromatic N) is 2. The Morgan fingerprint density at radius 1 is 1.31 bits per heavy atom. The zero-order chi connectivity index (χ0) is 11.0. The van der Waals surface area contributed by atoms with E-state index < -0.39 is 0 Å². The van der Waals surface area contributed by atoms with E-state index in [9.17, 15) is 0 Å². The summed E-state index contributed by atoms with van der Waals surface area (Å²) in [4.78, 5) is 9.26. The van der Waals surface area contributed by atoms with Crippen LogP contribution in [0.4, 0.5) is 0 Å². The van der Waals surface area contributed by atoms with Gasteiger partial charge in [-0.3, -0.25) is 9.98 Å². The summed E-state index contributed by atoms with van der Waals surface area (Å²) < 4.78 is 0. The Morgan fingerprint density at radius 2 is 2.25 bits per heavy atom. The Balaban J connectivity index is 1.66. The number of hydrogen-bond acceptors (Lipinski definition) is 4. The topological polar surface area (TPSA) is 48.8 Å². The van der Waals surface area contributed by atoms with Gasteiger partial charge in [-0.25, -0.2) is 0 Å². The minimum absolute atomic E-state index is 0.528. The van der Waals surface area contributed by atoms with Crippen molar-refractivity contribution >= 4 is 11.7 Å². The first-order chi connectivity index (χ1) is 7.83. The number of hydrogen-bond donors (Lipinski definition) is 2. The Bertz CT molecular complexity index is 334. The smallest absolute Gasteiger partial charge is 0.0995 e. The Morgan fingerprint density at radius 3 is 3.06 bits per heavy atom. The summed E-state index contributed by atoms with van der Waals surface area (Å²) in [6, 6.07) is 1.09. The molecule has 3 aliphatic rings. The molecule has 2 heterocycles. The van der Waals surface area contributed by atoms with Crippen LogP contribution in [0.3, 0.4) is 0 Å². The molecule has 16 heavy (non-hydrogen) atoms. The zero-order valence-corrected chi connectivity index (χ0v) is 9.87. The van der Waals surface area contributed by atoms with E-state index in [1.165, 1.54) is 31.5 Å². The third kappa shape index (κ3) is 1.81. The summed E-state index contributed by atoms with van der Waals surface area (Å²) in [6.45, 7) is 4.19. The van der Waals surface area contributed by atoms with Crippen LogP contribution in [0.1, 0.15) is 32.6 Å². The van der Waals surface area contributed by atoms with Gasteiger partial charge in [-0.1, -0.05) is 0 Å². The van der Waals surface area contributed by atoms with E-state index in [2.05, 4.69) is 27.5 Å². The summed E-state index contributed by atoms with van der Waals surface area (Å²) in [6.07, 6.45) is 4.83. The third-order valence-corrected chi connectivity index (χ3v) is 3.88. The second kappa shape index (κ2) is 4.07. The van der Waals surface area contributed by atoms with E-state index in [4.69, 9.17) is 0 Å². The molecular weight excluding hydrogens is 200 g/mol. The van der Waals surface area contributed by atoms with E-state index >= 15 is 0 Å². The maximum absolute atomic E-state index is 4.64. The molecule has 0 saturated heterocycles.